The van der Waals surface area contributed by atoms with Crippen LogP contribution in [0.25, 0.3) is 0 Å². The van der Waals surface area contributed by atoms with Crippen molar-refractivity contribution in [2.24, 2.45) is 5.92 Å². The Morgan fingerprint density at radius 3 is 2.86 bits per heavy atom. The molecule has 0 bridgehead atoms. The molecule has 1 atom stereocenters. The molecule has 1 aromatic heterocycles. The van der Waals surface area contributed by atoms with Crippen LogP contribution in [0.5, 0.6) is 0 Å². The Kier molecular flexibility index (Phi) is 3.98. The van der Waals surface area contributed by atoms with E-state index in [1.54, 1.807) is 0 Å². The van der Waals surface area contributed by atoms with Crippen LogP contribution in [0.15, 0.2) is 18.3 Å². The molecule has 112 valence electrons. The number of hydrogen-bond donors (Lipinski definition) is 2. The third kappa shape index (κ3) is 3.68. The predicted molar refractivity (Wildman–Crippen MR) is 80.3 cm³/mol. The van der Waals surface area contributed by atoms with Gasteiger partial charge in [0.25, 0.3) is 0 Å². The van der Waals surface area contributed by atoms with E-state index in [1.165, 1.54) is 6.20 Å². The molecule has 21 heavy (non-hydrogen) atoms. The molecule has 0 amide bonds. The van der Waals surface area contributed by atoms with Gasteiger partial charge in [-0.15, -0.1) is 0 Å². The lowest BCUT2D eigenvalue weighted by Crippen LogP contribution is -2.17. The van der Waals surface area contributed by atoms with E-state index in [1.807, 2.05) is 0 Å². The van der Waals surface area contributed by atoms with Gasteiger partial charge in [0.2, 0.25) is 11.8 Å². The maximum absolute atomic E-state index is 11.0. The summed E-state index contributed by atoms with van der Waals surface area (Å²) in [6.07, 6.45) is 11.1. The number of hydrogen-bond acceptors (Lipinski definition) is 6. The molecule has 0 saturated heterocycles. The first kappa shape index (κ1) is 13.8. The minimum atomic E-state index is -0.444. The van der Waals surface area contributed by atoms with Crippen molar-refractivity contribution >= 4 is 17.5 Å². The maximum Gasteiger partial charge on any atom is 0.329 e. The van der Waals surface area contributed by atoms with Crippen molar-refractivity contribution in [3.63, 3.8) is 0 Å². The van der Waals surface area contributed by atoms with Gasteiger partial charge in [-0.1, -0.05) is 12.2 Å². The first-order valence-electron chi connectivity index (χ1n) is 7.39. The van der Waals surface area contributed by atoms with Crippen molar-refractivity contribution in [3.8, 4) is 0 Å². The molecule has 1 aromatic rings. The molecule has 7 heteroatoms. The Hall–Kier alpha value is -2.18. The first-order valence-corrected chi connectivity index (χ1v) is 7.39. The summed E-state index contributed by atoms with van der Waals surface area (Å²) in [5, 5.41) is 17.3. The van der Waals surface area contributed by atoms with Crippen LogP contribution in [-0.4, -0.2) is 27.5 Å². The lowest BCUT2D eigenvalue weighted by atomic mass is 9.94. The molecule has 2 N–H and O–H groups in total. The highest BCUT2D eigenvalue weighted by Gasteiger charge is 2.26. The molecule has 0 radical (unpaired) electrons. The highest BCUT2D eigenvalue weighted by atomic mass is 16.6. The highest BCUT2D eigenvalue weighted by molar-refractivity contribution is 5.58. The number of nitrogens with zero attached hydrogens (tertiary/aromatic N) is 3. The summed E-state index contributed by atoms with van der Waals surface area (Å²) in [5.74, 6) is 1.36. The Morgan fingerprint density at radius 2 is 2.19 bits per heavy atom. The van der Waals surface area contributed by atoms with Crippen molar-refractivity contribution in [1.82, 2.24) is 9.97 Å². The van der Waals surface area contributed by atoms with Crippen molar-refractivity contribution in [2.45, 2.75) is 38.1 Å². The van der Waals surface area contributed by atoms with Crippen LogP contribution in [0.2, 0.25) is 0 Å². The van der Waals surface area contributed by atoms with Crippen LogP contribution in [0, 0.1) is 16.0 Å². The molecule has 7 nitrogen and oxygen atoms in total. The van der Waals surface area contributed by atoms with E-state index in [0.29, 0.717) is 23.7 Å². The average molecular weight is 289 g/mol. The van der Waals surface area contributed by atoms with Crippen molar-refractivity contribution in [3.05, 3.63) is 28.5 Å². The Bertz CT molecular complexity index is 556. The third-order valence-electron chi connectivity index (χ3n) is 3.81. The van der Waals surface area contributed by atoms with E-state index >= 15 is 0 Å². The summed E-state index contributed by atoms with van der Waals surface area (Å²) in [6.45, 7) is 0.797. The Morgan fingerprint density at radius 1 is 1.33 bits per heavy atom. The number of nitrogens with one attached hydrogen (secondary N) is 2. The van der Waals surface area contributed by atoms with Crippen LogP contribution in [0.4, 0.5) is 17.5 Å². The summed E-state index contributed by atoms with van der Waals surface area (Å²) in [7, 11) is 0. The van der Waals surface area contributed by atoms with Gasteiger partial charge < -0.3 is 10.6 Å². The van der Waals surface area contributed by atoms with E-state index in [9.17, 15) is 10.1 Å². The molecule has 0 aliphatic heterocycles. The fourth-order valence-electron chi connectivity index (χ4n) is 2.40. The number of allylic oxidation sites excluding steroid dienone is 2. The standard InChI is InChI=1S/C14H19N5O2/c20-19(21)12-9-16-14(18-13(12)17-11-6-7-11)15-8-10-4-2-1-3-5-10/h1-2,9-11H,3-8H2,(H2,15,16,17,18)/t10-/m0/s1. The zero-order valence-electron chi connectivity index (χ0n) is 11.8. The van der Waals surface area contributed by atoms with Crippen LogP contribution < -0.4 is 10.6 Å². The molecule has 0 unspecified atom stereocenters. The van der Waals surface area contributed by atoms with Gasteiger partial charge in [0, 0.05) is 12.6 Å². The molecular formula is C14H19N5O2. The zero-order valence-corrected chi connectivity index (χ0v) is 11.8. The monoisotopic (exact) mass is 289 g/mol. The lowest BCUT2D eigenvalue weighted by Gasteiger charge is -2.18. The van der Waals surface area contributed by atoms with E-state index in [4.69, 9.17) is 0 Å². The maximum atomic E-state index is 11.0. The summed E-state index contributed by atoms with van der Waals surface area (Å²) in [6, 6.07) is 0.315. The van der Waals surface area contributed by atoms with Gasteiger partial charge in [-0.3, -0.25) is 10.1 Å². The van der Waals surface area contributed by atoms with E-state index < -0.39 is 4.92 Å². The van der Waals surface area contributed by atoms with Crippen LogP contribution >= 0.6 is 0 Å². The summed E-state index contributed by atoms with van der Waals surface area (Å²) >= 11 is 0. The minimum absolute atomic E-state index is 0.0620. The van der Waals surface area contributed by atoms with Crippen molar-refractivity contribution in [2.75, 3.05) is 17.2 Å². The van der Waals surface area contributed by atoms with Crippen LogP contribution in [-0.2, 0) is 0 Å². The van der Waals surface area contributed by atoms with E-state index in [2.05, 4.69) is 32.8 Å². The average Bonchev–Trinajstić information content (AvgIpc) is 3.30. The second-order valence-electron chi connectivity index (χ2n) is 5.63. The number of nitro groups is 1. The number of aromatic nitrogens is 2. The lowest BCUT2D eigenvalue weighted by molar-refractivity contribution is -0.384. The van der Waals surface area contributed by atoms with Gasteiger partial charge in [-0.25, -0.2) is 4.98 Å². The SMILES string of the molecule is O=[N+]([O-])c1cnc(NC[C@H]2CC=CCC2)nc1NC1CC1. The molecule has 1 heterocycles. The van der Waals surface area contributed by atoms with Gasteiger partial charge >= 0.3 is 5.69 Å². The van der Waals surface area contributed by atoms with Gasteiger partial charge in [-0.2, -0.15) is 4.98 Å². The molecule has 1 fully saturated rings. The number of rotatable bonds is 6. The summed E-state index contributed by atoms with van der Waals surface area (Å²) in [5.41, 5.74) is -0.0620. The smallest absolute Gasteiger partial charge is 0.329 e. The van der Waals surface area contributed by atoms with Crippen LogP contribution in [0.3, 0.4) is 0 Å². The molecule has 0 aromatic carbocycles. The first-order chi connectivity index (χ1) is 10.2. The van der Waals surface area contributed by atoms with Crippen LogP contribution in [0.1, 0.15) is 32.1 Å². The molecule has 2 aliphatic rings. The zero-order chi connectivity index (χ0) is 14.7. The molecule has 3 rings (SSSR count). The molecule has 1 saturated carbocycles. The van der Waals surface area contributed by atoms with Crippen molar-refractivity contribution in [1.29, 1.82) is 0 Å². The fraction of sp³-hybridized carbons (Fsp3) is 0.571. The van der Waals surface area contributed by atoms with Gasteiger partial charge in [0.05, 0.1) is 4.92 Å². The second kappa shape index (κ2) is 6.07. The molecule has 0 spiro atoms. The quantitative estimate of drug-likeness (QED) is 0.475. The molecule has 2 aliphatic carbocycles. The van der Waals surface area contributed by atoms with Gasteiger partial charge in [0.1, 0.15) is 6.20 Å². The highest BCUT2D eigenvalue weighted by Crippen LogP contribution is 2.29. The second-order valence-corrected chi connectivity index (χ2v) is 5.63. The fourth-order valence-corrected chi connectivity index (χ4v) is 2.40. The number of anilines is 2. The minimum Gasteiger partial charge on any atom is -0.361 e. The van der Waals surface area contributed by atoms with Gasteiger partial charge in [-0.05, 0) is 38.0 Å². The summed E-state index contributed by atoms with van der Waals surface area (Å²) in [4.78, 5) is 18.9. The van der Waals surface area contributed by atoms with E-state index in [-0.39, 0.29) is 5.69 Å². The normalized spacial score (nSPS) is 21.0. The van der Waals surface area contributed by atoms with E-state index in [0.717, 1.165) is 38.6 Å². The van der Waals surface area contributed by atoms with Crippen molar-refractivity contribution < 1.29 is 4.92 Å². The molecular weight excluding hydrogens is 270 g/mol. The Balaban J connectivity index is 1.66. The third-order valence-corrected chi connectivity index (χ3v) is 3.81. The topological polar surface area (TPSA) is 93.0 Å². The largest absolute Gasteiger partial charge is 0.361 e. The van der Waals surface area contributed by atoms with Gasteiger partial charge in [0.15, 0.2) is 0 Å². The summed E-state index contributed by atoms with van der Waals surface area (Å²) < 4.78 is 0. The Labute approximate surface area is 123 Å². The predicted octanol–water partition coefficient (Wildman–Crippen LogP) is 2.73.